The summed E-state index contributed by atoms with van der Waals surface area (Å²) in [6.45, 7) is 8.12. The molecule has 5 heteroatoms. The lowest BCUT2D eigenvalue weighted by Crippen LogP contribution is -2.34. The minimum absolute atomic E-state index is 0.327. The van der Waals surface area contributed by atoms with Crippen LogP contribution >= 0.6 is 0 Å². The van der Waals surface area contributed by atoms with E-state index in [0.29, 0.717) is 11.7 Å². The Labute approximate surface area is 103 Å². The average Bonchev–Trinajstić information content (AvgIpc) is 2.83. The van der Waals surface area contributed by atoms with Gasteiger partial charge in [-0.2, -0.15) is 4.98 Å². The van der Waals surface area contributed by atoms with Crippen molar-refractivity contribution in [3.8, 4) is 0 Å². The minimum atomic E-state index is -0.439. The predicted octanol–water partition coefficient (Wildman–Crippen LogP) is 2.19. The van der Waals surface area contributed by atoms with E-state index in [0.717, 1.165) is 12.8 Å². The molecule has 1 N–H and O–H groups in total. The lowest BCUT2D eigenvalue weighted by Gasteiger charge is -2.26. The molecule has 0 amide bonds. The van der Waals surface area contributed by atoms with Crippen LogP contribution in [0.1, 0.15) is 52.3 Å². The maximum absolute atomic E-state index is 5.58. The molecule has 1 aromatic rings. The molecule has 1 heterocycles. The van der Waals surface area contributed by atoms with Gasteiger partial charge in [-0.05, 0) is 33.7 Å². The van der Waals surface area contributed by atoms with Gasteiger partial charge in [-0.1, -0.05) is 19.0 Å². The number of hydrogen-bond donors (Lipinski definition) is 1. The average molecular weight is 241 g/mol. The normalized spacial score (nSPS) is 13.1. The Hall–Kier alpha value is -0.940. The zero-order valence-electron chi connectivity index (χ0n) is 11.6. The molecule has 0 radical (unpaired) electrons. The van der Waals surface area contributed by atoms with Crippen molar-refractivity contribution < 1.29 is 9.26 Å². The summed E-state index contributed by atoms with van der Waals surface area (Å²) in [4.78, 5) is 4.47. The van der Waals surface area contributed by atoms with Gasteiger partial charge in [-0.25, -0.2) is 0 Å². The molecule has 1 rings (SSSR count). The predicted molar refractivity (Wildman–Crippen MR) is 65.7 cm³/mol. The maximum atomic E-state index is 5.58. The van der Waals surface area contributed by atoms with Gasteiger partial charge in [0.25, 0.3) is 0 Å². The van der Waals surface area contributed by atoms with Crippen LogP contribution < -0.4 is 5.32 Å². The molecule has 0 aliphatic rings. The Morgan fingerprint density at radius 2 is 1.88 bits per heavy atom. The first-order chi connectivity index (χ1) is 7.95. The number of aromatic nitrogens is 2. The Kier molecular flexibility index (Phi) is 4.27. The topological polar surface area (TPSA) is 60.2 Å². The molecule has 0 fully saturated rings. The first-order valence-corrected chi connectivity index (χ1v) is 6.04. The summed E-state index contributed by atoms with van der Waals surface area (Å²) < 4.78 is 10.9. The van der Waals surface area contributed by atoms with Gasteiger partial charge in [-0.15, -0.1) is 0 Å². The maximum Gasteiger partial charge on any atom is 0.246 e. The Morgan fingerprint density at radius 3 is 2.29 bits per heavy atom. The first kappa shape index (κ1) is 14.1. The molecule has 0 atom stereocenters. The van der Waals surface area contributed by atoms with E-state index in [1.54, 1.807) is 7.11 Å². The molecule has 0 aliphatic heterocycles. The highest BCUT2D eigenvalue weighted by atomic mass is 16.5. The van der Waals surface area contributed by atoms with E-state index in [9.17, 15) is 0 Å². The lowest BCUT2D eigenvalue weighted by molar-refractivity contribution is -0.0306. The summed E-state index contributed by atoms with van der Waals surface area (Å²) >= 11 is 0. The summed E-state index contributed by atoms with van der Waals surface area (Å²) in [5.74, 6) is 1.21. The quantitative estimate of drug-likeness (QED) is 0.827. The summed E-state index contributed by atoms with van der Waals surface area (Å²) in [5.41, 5.74) is -0.766. The summed E-state index contributed by atoms with van der Waals surface area (Å²) in [6, 6.07) is 0. The molecule has 0 unspecified atom stereocenters. The van der Waals surface area contributed by atoms with Crippen molar-refractivity contribution in [2.24, 2.45) is 0 Å². The summed E-state index contributed by atoms with van der Waals surface area (Å²) in [7, 11) is 3.55. The summed E-state index contributed by atoms with van der Waals surface area (Å²) in [6.07, 6.45) is 1.64. The van der Waals surface area contributed by atoms with E-state index in [1.807, 2.05) is 20.9 Å². The molecule has 98 valence electrons. The Morgan fingerprint density at radius 1 is 1.29 bits per heavy atom. The molecule has 0 spiro atoms. The number of nitrogens with one attached hydrogen (secondary N) is 1. The van der Waals surface area contributed by atoms with Crippen LogP contribution in [0.5, 0.6) is 0 Å². The van der Waals surface area contributed by atoms with Gasteiger partial charge >= 0.3 is 0 Å². The first-order valence-electron chi connectivity index (χ1n) is 6.04. The van der Waals surface area contributed by atoms with Gasteiger partial charge in [0, 0.05) is 7.11 Å². The van der Waals surface area contributed by atoms with Crippen LogP contribution in [0.15, 0.2) is 4.52 Å². The Bertz CT molecular complexity index is 348. The lowest BCUT2D eigenvalue weighted by atomic mass is 9.96. The van der Waals surface area contributed by atoms with Gasteiger partial charge in [-0.3, -0.25) is 0 Å². The molecule has 17 heavy (non-hydrogen) atoms. The van der Waals surface area contributed by atoms with Crippen LogP contribution in [0.4, 0.5) is 0 Å². The van der Waals surface area contributed by atoms with Crippen LogP contribution in [0.25, 0.3) is 0 Å². The van der Waals surface area contributed by atoms with Crippen molar-refractivity contribution >= 4 is 0 Å². The smallest absolute Gasteiger partial charge is 0.246 e. The van der Waals surface area contributed by atoms with Crippen molar-refractivity contribution in [2.75, 3.05) is 14.2 Å². The number of ether oxygens (including phenoxy) is 1. The second-order valence-corrected chi connectivity index (χ2v) is 4.70. The number of nitrogens with zero attached hydrogens (tertiary/aromatic N) is 2. The largest absolute Gasteiger partial charge is 0.370 e. The Balaban J connectivity index is 3.09. The second kappa shape index (κ2) is 5.14. The molecule has 5 nitrogen and oxygen atoms in total. The fourth-order valence-electron chi connectivity index (χ4n) is 1.72. The van der Waals surface area contributed by atoms with Crippen LogP contribution in [-0.2, 0) is 15.9 Å². The van der Waals surface area contributed by atoms with Crippen molar-refractivity contribution in [3.63, 3.8) is 0 Å². The fraction of sp³-hybridized carbons (Fsp3) is 0.833. The zero-order valence-corrected chi connectivity index (χ0v) is 11.6. The third kappa shape index (κ3) is 2.50. The molecular formula is C12H23N3O2. The van der Waals surface area contributed by atoms with Gasteiger partial charge in [0.15, 0.2) is 0 Å². The fourth-order valence-corrected chi connectivity index (χ4v) is 1.72. The van der Waals surface area contributed by atoms with E-state index in [4.69, 9.17) is 9.26 Å². The van der Waals surface area contributed by atoms with E-state index in [-0.39, 0.29) is 5.54 Å². The minimum Gasteiger partial charge on any atom is -0.370 e. The van der Waals surface area contributed by atoms with Gasteiger partial charge in [0.2, 0.25) is 11.7 Å². The number of methoxy groups -OCH3 is 1. The number of hydrogen-bond acceptors (Lipinski definition) is 5. The third-order valence-corrected chi connectivity index (χ3v) is 3.53. The van der Waals surface area contributed by atoms with E-state index in [1.165, 1.54) is 0 Å². The van der Waals surface area contributed by atoms with Crippen molar-refractivity contribution in [1.29, 1.82) is 0 Å². The molecule has 0 bridgehead atoms. The molecule has 0 aliphatic carbocycles. The van der Waals surface area contributed by atoms with Gasteiger partial charge < -0.3 is 14.6 Å². The van der Waals surface area contributed by atoms with Gasteiger partial charge in [0.1, 0.15) is 5.60 Å². The van der Waals surface area contributed by atoms with Crippen molar-refractivity contribution in [2.45, 2.75) is 51.7 Å². The van der Waals surface area contributed by atoms with Crippen molar-refractivity contribution in [3.05, 3.63) is 11.7 Å². The third-order valence-electron chi connectivity index (χ3n) is 3.53. The van der Waals surface area contributed by atoms with Crippen LogP contribution in [0.2, 0.25) is 0 Å². The molecule has 1 aromatic heterocycles. The molecule has 0 saturated heterocycles. The van der Waals surface area contributed by atoms with Crippen LogP contribution in [0.3, 0.4) is 0 Å². The molecular weight excluding hydrogens is 218 g/mol. The highest BCUT2D eigenvalue weighted by Gasteiger charge is 2.36. The SMILES string of the molecule is CCC(CC)(OC)c1noc(C(C)(C)NC)n1. The monoisotopic (exact) mass is 241 g/mol. The van der Waals surface area contributed by atoms with Crippen LogP contribution in [-0.4, -0.2) is 24.3 Å². The highest BCUT2D eigenvalue weighted by molar-refractivity contribution is 5.05. The zero-order chi connectivity index (χ0) is 13.1. The summed E-state index contributed by atoms with van der Waals surface area (Å²) in [5, 5.41) is 7.20. The molecule has 0 aromatic carbocycles. The standard InChI is InChI=1S/C12H23N3O2/c1-7-12(8-2,16-6)9-14-10(17-15-9)11(3,4)13-5/h13H,7-8H2,1-6H3. The van der Waals surface area contributed by atoms with Crippen molar-refractivity contribution in [1.82, 2.24) is 15.5 Å². The van der Waals surface area contributed by atoms with E-state index in [2.05, 4.69) is 29.3 Å². The van der Waals surface area contributed by atoms with E-state index < -0.39 is 5.60 Å². The second-order valence-electron chi connectivity index (χ2n) is 4.70. The van der Waals surface area contributed by atoms with E-state index >= 15 is 0 Å². The molecule has 0 saturated carbocycles. The van der Waals surface area contributed by atoms with Gasteiger partial charge in [0.05, 0.1) is 5.54 Å². The number of rotatable bonds is 6. The van der Waals surface area contributed by atoms with Crippen LogP contribution in [0, 0.1) is 0 Å². The highest BCUT2D eigenvalue weighted by Crippen LogP contribution is 2.31.